The van der Waals surface area contributed by atoms with Crippen LogP contribution in [0.15, 0.2) is 30.3 Å². The molecule has 9 heteroatoms. The summed E-state index contributed by atoms with van der Waals surface area (Å²) >= 11 is 2.83. The topological polar surface area (TPSA) is 73.2 Å². The van der Waals surface area contributed by atoms with Crippen LogP contribution in [0.1, 0.15) is 16.1 Å². The highest BCUT2D eigenvalue weighted by atomic mass is 32.2. The summed E-state index contributed by atoms with van der Waals surface area (Å²) in [6, 6.07) is 7.37. The Morgan fingerprint density at radius 2 is 2.14 bits per heavy atom. The predicted molar refractivity (Wildman–Crippen MR) is 110 cm³/mol. The molecular formula is C19H20FN3O3S2. The molecule has 1 amide bonds. The Hall–Kier alpha value is -2.39. The summed E-state index contributed by atoms with van der Waals surface area (Å²) in [4.78, 5) is 25.8. The molecule has 1 atom stereocenters. The van der Waals surface area contributed by atoms with Crippen molar-refractivity contribution in [2.45, 2.75) is 12.5 Å². The molecular weight excluding hydrogens is 401 g/mol. The van der Waals surface area contributed by atoms with E-state index in [0.29, 0.717) is 33.7 Å². The minimum atomic E-state index is -0.709. The van der Waals surface area contributed by atoms with Crippen molar-refractivity contribution in [3.05, 3.63) is 41.0 Å². The number of esters is 1. The molecule has 3 aromatic rings. The molecule has 0 aliphatic carbocycles. The normalized spacial score (nSPS) is 12.1. The average Bonchev–Trinajstić information content (AvgIpc) is 3.25. The second-order valence-electron chi connectivity index (χ2n) is 6.11. The van der Waals surface area contributed by atoms with Crippen LogP contribution in [0.2, 0.25) is 0 Å². The first-order valence-corrected chi connectivity index (χ1v) is 10.8. The van der Waals surface area contributed by atoms with Crippen LogP contribution in [0.5, 0.6) is 0 Å². The molecule has 0 aliphatic heterocycles. The Kier molecular flexibility index (Phi) is 6.35. The van der Waals surface area contributed by atoms with E-state index in [1.54, 1.807) is 47.8 Å². The number of rotatable bonds is 7. The third kappa shape index (κ3) is 4.05. The molecule has 0 saturated carbocycles. The minimum Gasteiger partial charge on any atom is -0.467 e. The van der Waals surface area contributed by atoms with Crippen molar-refractivity contribution in [1.82, 2.24) is 15.1 Å². The number of nitrogens with one attached hydrogen (secondary N) is 1. The number of benzene rings is 1. The van der Waals surface area contributed by atoms with Gasteiger partial charge in [-0.15, -0.1) is 11.3 Å². The number of ether oxygens (including phenoxy) is 1. The van der Waals surface area contributed by atoms with Crippen molar-refractivity contribution in [2.75, 3.05) is 19.1 Å². The van der Waals surface area contributed by atoms with Crippen LogP contribution in [-0.4, -0.2) is 46.8 Å². The van der Waals surface area contributed by atoms with Gasteiger partial charge in [0.2, 0.25) is 0 Å². The lowest BCUT2D eigenvalue weighted by Gasteiger charge is -2.15. The number of fused-ring (bicyclic) bond motifs is 1. The number of thioether (sulfide) groups is 1. The molecule has 0 spiro atoms. The van der Waals surface area contributed by atoms with Crippen LogP contribution >= 0.6 is 23.1 Å². The fourth-order valence-corrected chi connectivity index (χ4v) is 4.31. The van der Waals surface area contributed by atoms with E-state index < -0.39 is 12.0 Å². The minimum absolute atomic E-state index is 0.364. The van der Waals surface area contributed by atoms with Gasteiger partial charge in [-0.3, -0.25) is 9.48 Å². The second kappa shape index (κ2) is 8.74. The van der Waals surface area contributed by atoms with E-state index in [2.05, 4.69) is 10.4 Å². The Morgan fingerprint density at radius 3 is 2.82 bits per heavy atom. The molecule has 6 nitrogen and oxygen atoms in total. The number of aromatic nitrogens is 2. The summed E-state index contributed by atoms with van der Waals surface area (Å²) in [7, 11) is 3.05. The van der Waals surface area contributed by atoms with Crippen molar-refractivity contribution < 1.29 is 18.7 Å². The van der Waals surface area contributed by atoms with Crippen molar-refractivity contribution in [2.24, 2.45) is 7.05 Å². The lowest BCUT2D eigenvalue weighted by Crippen LogP contribution is -2.41. The lowest BCUT2D eigenvalue weighted by atomic mass is 10.1. The number of nitrogens with zero attached hydrogens (tertiary/aromatic N) is 2. The molecule has 1 N–H and O–H groups in total. The van der Waals surface area contributed by atoms with Crippen molar-refractivity contribution in [3.63, 3.8) is 0 Å². The van der Waals surface area contributed by atoms with E-state index in [1.165, 1.54) is 24.5 Å². The van der Waals surface area contributed by atoms with Crippen LogP contribution in [0.4, 0.5) is 4.39 Å². The molecule has 0 bridgehead atoms. The first kappa shape index (κ1) is 20.3. The maximum Gasteiger partial charge on any atom is 0.328 e. The summed E-state index contributed by atoms with van der Waals surface area (Å²) in [5.74, 6) is -0.495. The van der Waals surface area contributed by atoms with Crippen LogP contribution < -0.4 is 5.32 Å². The van der Waals surface area contributed by atoms with Gasteiger partial charge in [-0.25, -0.2) is 9.18 Å². The Morgan fingerprint density at radius 1 is 1.39 bits per heavy atom. The van der Waals surface area contributed by atoms with Gasteiger partial charge in [0.1, 0.15) is 22.4 Å². The lowest BCUT2D eigenvalue weighted by molar-refractivity contribution is -0.142. The predicted octanol–water partition coefficient (Wildman–Crippen LogP) is 3.47. The zero-order valence-electron chi connectivity index (χ0n) is 15.7. The highest BCUT2D eigenvalue weighted by Gasteiger charge is 2.24. The van der Waals surface area contributed by atoms with E-state index in [1.807, 2.05) is 6.26 Å². The molecule has 0 fully saturated rings. The maximum atomic E-state index is 14.2. The Labute approximate surface area is 170 Å². The number of carbonyl (C=O) groups is 2. The fourth-order valence-electron chi connectivity index (χ4n) is 2.86. The highest BCUT2D eigenvalue weighted by Crippen LogP contribution is 2.34. The number of amides is 1. The van der Waals surface area contributed by atoms with Gasteiger partial charge in [-0.1, -0.05) is 12.1 Å². The quantitative estimate of drug-likeness (QED) is 0.592. The zero-order valence-corrected chi connectivity index (χ0v) is 17.3. The monoisotopic (exact) mass is 421 g/mol. The molecule has 2 aromatic heterocycles. The molecule has 0 saturated heterocycles. The first-order chi connectivity index (χ1) is 13.5. The van der Waals surface area contributed by atoms with Crippen LogP contribution in [0.3, 0.4) is 0 Å². The molecule has 3 rings (SSSR count). The molecule has 0 radical (unpaired) electrons. The maximum absolute atomic E-state index is 14.2. The average molecular weight is 422 g/mol. The molecule has 0 unspecified atom stereocenters. The summed E-state index contributed by atoms with van der Waals surface area (Å²) in [5.41, 5.74) is 0.864. The molecule has 28 heavy (non-hydrogen) atoms. The molecule has 2 heterocycles. The largest absolute Gasteiger partial charge is 0.467 e. The van der Waals surface area contributed by atoms with Gasteiger partial charge in [0.25, 0.3) is 5.91 Å². The van der Waals surface area contributed by atoms with E-state index in [9.17, 15) is 14.0 Å². The van der Waals surface area contributed by atoms with Crippen molar-refractivity contribution in [3.8, 4) is 11.3 Å². The number of halogens is 1. The number of hydrogen-bond donors (Lipinski definition) is 1. The van der Waals surface area contributed by atoms with Gasteiger partial charge in [0.15, 0.2) is 0 Å². The van der Waals surface area contributed by atoms with Crippen LogP contribution in [-0.2, 0) is 16.6 Å². The Bertz CT molecular complexity index is 1020. The van der Waals surface area contributed by atoms with Crippen molar-refractivity contribution >= 4 is 45.2 Å². The van der Waals surface area contributed by atoms with Gasteiger partial charge in [-0.05, 0) is 36.6 Å². The molecule has 1 aromatic carbocycles. The summed E-state index contributed by atoms with van der Waals surface area (Å²) in [6.07, 6.45) is 2.41. The van der Waals surface area contributed by atoms with Gasteiger partial charge in [-0.2, -0.15) is 16.9 Å². The second-order valence-corrected chi connectivity index (χ2v) is 8.13. The third-order valence-electron chi connectivity index (χ3n) is 4.27. The fraction of sp³-hybridized carbons (Fsp3) is 0.316. The summed E-state index contributed by atoms with van der Waals surface area (Å²) in [5, 5.41) is 7.84. The van der Waals surface area contributed by atoms with Gasteiger partial charge >= 0.3 is 5.97 Å². The number of thiophene rings is 1. The van der Waals surface area contributed by atoms with E-state index in [4.69, 9.17) is 4.74 Å². The Balaban J connectivity index is 1.92. The van der Waals surface area contributed by atoms with E-state index in [-0.39, 0.29) is 11.7 Å². The van der Waals surface area contributed by atoms with Crippen molar-refractivity contribution in [1.29, 1.82) is 0 Å². The van der Waals surface area contributed by atoms with Crippen LogP contribution in [0, 0.1) is 5.82 Å². The highest BCUT2D eigenvalue weighted by molar-refractivity contribution is 7.98. The van der Waals surface area contributed by atoms with E-state index in [0.717, 1.165) is 4.83 Å². The molecule has 148 valence electrons. The standard InChI is InChI=1S/C19H20FN3O3S2/c1-23-18-12(16(22-23)11-6-4-5-7-13(11)20)10-15(28-18)17(24)21-14(8-9-27-3)19(25)26-2/h4-7,10,14H,8-9H2,1-3H3,(H,21,24)/t14-/m1/s1. The first-order valence-electron chi connectivity index (χ1n) is 8.55. The number of aryl methyl sites for hydroxylation is 1. The van der Waals surface area contributed by atoms with E-state index >= 15 is 0 Å². The zero-order chi connectivity index (χ0) is 20.3. The smallest absolute Gasteiger partial charge is 0.328 e. The SMILES string of the molecule is COC(=O)[C@@H](CCSC)NC(=O)c1cc2c(-c3ccccc3F)nn(C)c2s1. The van der Waals surface area contributed by atoms with Gasteiger partial charge in [0, 0.05) is 18.0 Å². The number of methoxy groups -OCH3 is 1. The van der Waals surface area contributed by atoms with Crippen LogP contribution in [0.25, 0.3) is 21.5 Å². The molecule has 0 aliphatic rings. The third-order valence-corrected chi connectivity index (χ3v) is 6.11. The number of hydrogen-bond acceptors (Lipinski definition) is 6. The van der Waals surface area contributed by atoms with Gasteiger partial charge < -0.3 is 10.1 Å². The summed E-state index contributed by atoms with van der Waals surface area (Å²) < 4.78 is 20.6. The number of carbonyl (C=O) groups excluding carboxylic acids is 2. The summed E-state index contributed by atoms with van der Waals surface area (Å²) in [6.45, 7) is 0. The van der Waals surface area contributed by atoms with Gasteiger partial charge in [0.05, 0.1) is 12.0 Å².